The smallest absolute Gasteiger partial charge is 0.236 e. The van der Waals surface area contributed by atoms with Crippen LogP contribution in [0.2, 0.25) is 5.02 Å². The number of amides is 1. The molecular weight excluding hydrogens is 286 g/mol. The van der Waals surface area contributed by atoms with Gasteiger partial charge in [-0.3, -0.25) is 4.79 Å². The number of nitrogens with one attached hydrogen (secondary N) is 1. The van der Waals surface area contributed by atoms with E-state index in [2.05, 4.69) is 26.1 Å². The zero-order valence-electron chi connectivity index (χ0n) is 13.5. The van der Waals surface area contributed by atoms with E-state index in [1.807, 2.05) is 36.9 Å². The predicted octanol–water partition coefficient (Wildman–Crippen LogP) is 2.93. The fourth-order valence-electron chi connectivity index (χ4n) is 2.03. The molecule has 0 bridgehead atoms. The Kier molecular flexibility index (Phi) is 6.05. The largest absolute Gasteiger partial charge is 0.368 e. The second-order valence-electron chi connectivity index (χ2n) is 6.56. The van der Waals surface area contributed by atoms with Crippen LogP contribution in [0.5, 0.6) is 0 Å². The third kappa shape index (κ3) is 5.94. The molecule has 118 valence electrons. The molecule has 1 aromatic carbocycles. The molecule has 0 unspecified atom stereocenters. The number of hydrogen-bond acceptors (Lipinski definition) is 3. The Bertz CT molecular complexity index is 495. The summed E-state index contributed by atoms with van der Waals surface area (Å²) in [5, 5.41) is 4.11. The fourth-order valence-corrected chi connectivity index (χ4v) is 2.19. The Hall–Kier alpha value is -1.26. The molecule has 0 radical (unpaired) electrons. The third-order valence-corrected chi connectivity index (χ3v) is 3.35. The number of nitrogens with two attached hydrogens (primary N) is 1. The Morgan fingerprint density at radius 2 is 2.00 bits per heavy atom. The molecule has 0 aliphatic carbocycles. The Balaban J connectivity index is 3.12. The van der Waals surface area contributed by atoms with E-state index < -0.39 is 0 Å². The number of primary amides is 1. The number of carbonyl (C=O) groups is 1. The van der Waals surface area contributed by atoms with Gasteiger partial charge in [0.05, 0.1) is 6.54 Å². The standard InChI is InChI=1S/C16H26ClN3O/c1-11(2)20(10-15(18)21)14-8-13(17)7-6-12(14)9-19-16(3,4)5/h6-8,11,19H,9-10H2,1-5H3,(H2,18,21). The van der Waals surface area contributed by atoms with Gasteiger partial charge >= 0.3 is 0 Å². The first-order chi connectivity index (χ1) is 9.60. The highest BCUT2D eigenvalue weighted by Crippen LogP contribution is 2.27. The van der Waals surface area contributed by atoms with E-state index in [1.165, 1.54) is 0 Å². The van der Waals surface area contributed by atoms with Crippen LogP contribution in [-0.2, 0) is 11.3 Å². The summed E-state index contributed by atoms with van der Waals surface area (Å²) in [6.07, 6.45) is 0. The van der Waals surface area contributed by atoms with Gasteiger partial charge in [0, 0.05) is 28.8 Å². The van der Waals surface area contributed by atoms with Crippen LogP contribution >= 0.6 is 11.6 Å². The van der Waals surface area contributed by atoms with E-state index in [0.717, 1.165) is 11.3 Å². The van der Waals surface area contributed by atoms with Crippen molar-refractivity contribution in [1.82, 2.24) is 5.32 Å². The molecule has 0 aliphatic heterocycles. The number of rotatable bonds is 6. The summed E-state index contributed by atoms with van der Waals surface area (Å²) in [5.41, 5.74) is 7.44. The van der Waals surface area contributed by atoms with Gasteiger partial charge in [0.2, 0.25) is 5.91 Å². The number of hydrogen-bond donors (Lipinski definition) is 2. The third-order valence-electron chi connectivity index (χ3n) is 3.12. The van der Waals surface area contributed by atoms with Crippen molar-refractivity contribution in [2.75, 3.05) is 11.4 Å². The molecule has 1 rings (SSSR count). The van der Waals surface area contributed by atoms with Gasteiger partial charge in [0.15, 0.2) is 0 Å². The molecule has 0 aliphatic rings. The molecule has 0 aromatic heterocycles. The first kappa shape index (κ1) is 17.8. The lowest BCUT2D eigenvalue weighted by Crippen LogP contribution is -2.40. The SMILES string of the molecule is CC(C)N(CC(N)=O)c1cc(Cl)ccc1CNC(C)(C)C. The molecule has 1 amide bonds. The van der Waals surface area contributed by atoms with Crippen molar-refractivity contribution in [3.8, 4) is 0 Å². The van der Waals surface area contributed by atoms with Gasteiger partial charge in [-0.15, -0.1) is 0 Å². The average molecular weight is 312 g/mol. The Morgan fingerprint density at radius 3 is 2.48 bits per heavy atom. The highest BCUT2D eigenvalue weighted by Gasteiger charge is 2.18. The van der Waals surface area contributed by atoms with E-state index in [9.17, 15) is 4.79 Å². The van der Waals surface area contributed by atoms with Crippen LogP contribution in [0.3, 0.4) is 0 Å². The van der Waals surface area contributed by atoms with Gasteiger partial charge in [-0.05, 0) is 52.3 Å². The molecule has 21 heavy (non-hydrogen) atoms. The second kappa shape index (κ2) is 7.14. The maximum Gasteiger partial charge on any atom is 0.236 e. The molecular formula is C16H26ClN3O. The van der Waals surface area contributed by atoms with Gasteiger partial charge in [0.1, 0.15) is 0 Å². The van der Waals surface area contributed by atoms with Crippen LogP contribution in [0.15, 0.2) is 18.2 Å². The molecule has 1 aromatic rings. The molecule has 0 fully saturated rings. The highest BCUT2D eigenvalue weighted by molar-refractivity contribution is 6.30. The highest BCUT2D eigenvalue weighted by atomic mass is 35.5. The van der Waals surface area contributed by atoms with Crippen LogP contribution in [0.4, 0.5) is 5.69 Å². The van der Waals surface area contributed by atoms with Crippen LogP contribution in [0, 0.1) is 0 Å². The van der Waals surface area contributed by atoms with Crippen LogP contribution < -0.4 is 16.0 Å². The van der Waals surface area contributed by atoms with Crippen LogP contribution in [0.25, 0.3) is 0 Å². The summed E-state index contributed by atoms with van der Waals surface area (Å²) >= 11 is 6.13. The van der Waals surface area contributed by atoms with Crippen molar-refractivity contribution in [3.05, 3.63) is 28.8 Å². The average Bonchev–Trinajstić information content (AvgIpc) is 2.32. The van der Waals surface area contributed by atoms with Gasteiger partial charge in [0.25, 0.3) is 0 Å². The van der Waals surface area contributed by atoms with E-state index >= 15 is 0 Å². The van der Waals surface area contributed by atoms with Crippen molar-refractivity contribution in [3.63, 3.8) is 0 Å². The number of carbonyl (C=O) groups excluding carboxylic acids is 1. The van der Waals surface area contributed by atoms with Crippen molar-refractivity contribution in [1.29, 1.82) is 0 Å². The van der Waals surface area contributed by atoms with Crippen molar-refractivity contribution >= 4 is 23.2 Å². The summed E-state index contributed by atoms with van der Waals surface area (Å²) in [6.45, 7) is 11.3. The molecule has 5 heteroatoms. The van der Waals surface area contributed by atoms with Crippen LogP contribution in [-0.4, -0.2) is 24.0 Å². The number of halogens is 1. The van der Waals surface area contributed by atoms with Crippen molar-refractivity contribution in [2.24, 2.45) is 5.73 Å². The molecule has 0 saturated heterocycles. The summed E-state index contributed by atoms with van der Waals surface area (Å²) in [6, 6.07) is 5.91. The number of benzene rings is 1. The topological polar surface area (TPSA) is 58.4 Å². The van der Waals surface area contributed by atoms with E-state index in [1.54, 1.807) is 0 Å². The normalized spacial score (nSPS) is 11.8. The summed E-state index contributed by atoms with van der Waals surface area (Å²) in [7, 11) is 0. The molecule has 0 spiro atoms. The van der Waals surface area contributed by atoms with E-state index in [-0.39, 0.29) is 24.0 Å². The predicted molar refractivity (Wildman–Crippen MR) is 89.7 cm³/mol. The molecule has 4 nitrogen and oxygen atoms in total. The molecule has 3 N–H and O–H groups in total. The van der Waals surface area contributed by atoms with E-state index in [4.69, 9.17) is 17.3 Å². The lowest BCUT2D eigenvalue weighted by Gasteiger charge is -2.31. The summed E-state index contributed by atoms with van der Waals surface area (Å²) in [5.74, 6) is -0.349. The fraction of sp³-hybridized carbons (Fsp3) is 0.562. The zero-order valence-corrected chi connectivity index (χ0v) is 14.3. The molecule has 0 atom stereocenters. The minimum Gasteiger partial charge on any atom is -0.368 e. The van der Waals surface area contributed by atoms with Crippen molar-refractivity contribution < 1.29 is 4.79 Å². The maximum atomic E-state index is 11.3. The quantitative estimate of drug-likeness (QED) is 0.849. The zero-order chi connectivity index (χ0) is 16.2. The van der Waals surface area contributed by atoms with E-state index in [0.29, 0.717) is 11.6 Å². The Labute approximate surface area is 132 Å². The number of anilines is 1. The first-order valence-electron chi connectivity index (χ1n) is 7.18. The lowest BCUT2D eigenvalue weighted by atomic mass is 10.1. The molecule has 0 saturated carbocycles. The monoisotopic (exact) mass is 311 g/mol. The van der Waals surface area contributed by atoms with Gasteiger partial charge in [-0.1, -0.05) is 17.7 Å². The summed E-state index contributed by atoms with van der Waals surface area (Å²) in [4.78, 5) is 13.3. The van der Waals surface area contributed by atoms with Gasteiger partial charge in [-0.25, -0.2) is 0 Å². The lowest BCUT2D eigenvalue weighted by molar-refractivity contribution is -0.116. The van der Waals surface area contributed by atoms with Gasteiger partial charge in [-0.2, -0.15) is 0 Å². The first-order valence-corrected chi connectivity index (χ1v) is 7.56. The molecule has 0 heterocycles. The van der Waals surface area contributed by atoms with Crippen LogP contribution in [0.1, 0.15) is 40.2 Å². The minimum atomic E-state index is -0.349. The minimum absolute atomic E-state index is 0.0171. The van der Waals surface area contributed by atoms with Crippen molar-refractivity contribution in [2.45, 2.75) is 52.7 Å². The maximum absolute atomic E-state index is 11.3. The summed E-state index contributed by atoms with van der Waals surface area (Å²) < 4.78 is 0. The Morgan fingerprint density at radius 1 is 1.38 bits per heavy atom. The second-order valence-corrected chi connectivity index (χ2v) is 7.00. The van der Waals surface area contributed by atoms with Gasteiger partial charge < -0.3 is 16.0 Å². The number of nitrogens with zero attached hydrogens (tertiary/aromatic N) is 1.